The number of hydrogen-bond donors (Lipinski definition) is 1. The number of aromatic nitrogens is 1. The lowest BCUT2D eigenvalue weighted by Crippen LogP contribution is -2.60. The maximum Gasteiger partial charge on any atom is 0.303 e. The van der Waals surface area contributed by atoms with Crippen molar-refractivity contribution in [3.05, 3.63) is 64.3 Å². The first kappa shape index (κ1) is 37.2. The number of carbonyl (C=O) groups is 5. The molecule has 1 fully saturated rings. The van der Waals surface area contributed by atoms with E-state index >= 15 is 0 Å². The van der Waals surface area contributed by atoms with Crippen LogP contribution in [0.5, 0.6) is 11.5 Å². The van der Waals surface area contributed by atoms with E-state index < -0.39 is 66.9 Å². The molecule has 0 saturated carbocycles. The minimum atomic E-state index is -1.60. The van der Waals surface area contributed by atoms with Crippen LogP contribution in [0, 0.1) is 16.0 Å². The van der Waals surface area contributed by atoms with Gasteiger partial charge in [-0.3, -0.25) is 24.0 Å². The van der Waals surface area contributed by atoms with Gasteiger partial charge in [-0.15, -0.1) is 0 Å². The summed E-state index contributed by atoms with van der Waals surface area (Å²) in [6.07, 6.45) is -7.54. The molecule has 1 N–H and O–H groups in total. The molecule has 0 bridgehead atoms. The second-order valence-electron chi connectivity index (χ2n) is 11.2. The maximum atomic E-state index is 13.8. The predicted octanol–water partition coefficient (Wildman–Crippen LogP) is 4.60. The number of pyridine rings is 1. The molecule has 14 nitrogen and oxygen atoms in total. The first-order valence-electron chi connectivity index (χ1n) is 15.2. The zero-order valence-corrected chi connectivity index (χ0v) is 28.8. The van der Waals surface area contributed by atoms with Gasteiger partial charge in [-0.2, -0.15) is 5.26 Å². The molecule has 2 aromatic carbocycles. The Labute approximate surface area is 292 Å². The number of esters is 4. The first-order valence-corrected chi connectivity index (χ1v) is 15.6. The van der Waals surface area contributed by atoms with Crippen molar-refractivity contribution < 1.29 is 57.5 Å². The van der Waals surface area contributed by atoms with Crippen LogP contribution < -0.4 is 4.74 Å². The van der Waals surface area contributed by atoms with Crippen LogP contribution in [-0.4, -0.2) is 77.5 Å². The highest BCUT2D eigenvalue weighted by molar-refractivity contribution is 7.71. The summed E-state index contributed by atoms with van der Waals surface area (Å²) in [7, 11) is 1.34. The third kappa shape index (κ3) is 7.82. The van der Waals surface area contributed by atoms with Gasteiger partial charge in [0.25, 0.3) is 0 Å². The van der Waals surface area contributed by atoms with Gasteiger partial charge in [0, 0.05) is 33.3 Å². The molecule has 0 spiro atoms. The molecule has 3 aromatic rings. The van der Waals surface area contributed by atoms with Crippen LogP contribution in [0.3, 0.4) is 0 Å². The fourth-order valence-electron chi connectivity index (χ4n) is 5.80. The summed E-state index contributed by atoms with van der Waals surface area (Å²) in [5.41, 5.74) is 0.757. The normalized spacial score (nSPS) is 19.7. The molecule has 0 amide bonds. The lowest BCUT2D eigenvalue weighted by atomic mass is 9.89. The Morgan fingerprint density at radius 3 is 2.00 bits per heavy atom. The Bertz CT molecular complexity index is 1930. The summed E-state index contributed by atoms with van der Waals surface area (Å²) in [4.78, 5) is 63.1. The number of aromatic hydroxyl groups is 1. The van der Waals surface area contributed by atoms with Gasteiger partial charge in [-0.1, -0.05) is 48.6 Å². The molecule has 5 unspecified atom stereocenters. The van der Waals surface area contributed by atoms with Crippen molar-refractivity contribution in [1.29, 1.82) is 5.26 Å². The quantitative estimate of drug-likeness (QED) is 0.133. The van der Waals surface area contributed by atoms with Crippen molar-refractivity contribution in [2.24, 2.45) is 0 Å². The average molecular weight is 707 g/mol. The Hall–Kier alpha value is -5.59. The molecular weight excluding hydrogens is 672 g/mol. The van der Waals surface area contributed by atoms with E-state index in [4.69, 9.17) is 40.6 Å². The van der Waals surface area contributed by atoms with Gasteiger partial charge in [0.15, 0.2) is 41.8 Å². The number of methoxy groups -OCH3 is 1. The highest BCUT2D eigenvalue weighted by atomic mass is 32.1. The fraction of sp³-hybridized carbons (Fsp3) is 0.343. The molecule has 1 aromatic heterocycles. The Balaban J connectivity index is 2.19. The van der Waals surface area contributed by atoms with Gasteiger partial charge in [0.2, 0.25) is 0 Å². The number of carbonyl (C=O) groups excluding carboxylic acids is 5. The SMILES string of the molecule is COc1cc(-c2c(C(C)=O)c(-c3ccccc3)n(C3OC(COC(C)=O)C(OC(C)=O)C(OC(C)=O)C3OC(C)=O)c(=S)c2C#N)ccc1O. The number of rotatable bonds is 10. The lowest BCUT2D eigenvalue weighted by Gasteiger charge is -2.45. The lowest BCUT2D eigenvalue weighted by molar-refractivity contribution is -0.268. The van der Waals surface area contributed by atoms with Crippen molar-refractivity contribution in [3.63, 3.8) is 0 Å². The van der Waals surface area contributed by atoms with Crippen LogP contribution in [0.4, 0.5) is 0 Å². The maximum absolute atomic E-state index is 13.8. The van der Waals surface area contributed by atoms with Crippen LogP contribution in [0.1, 0.15) is 56.8 Å². The number of hydrogen-bond acceptors (Lipinski definition) is 14. The van der Waals surface area contributed by atoms with Crippen LogP contribution in [-0.2, 0) is 42.9 Å². The van der Waals surface area contributed by atoms with E-state index in [0.717, 1.165) is 27.7 Å². The number of ketones is 1. The molecule has 1 aliphatic rings. The number of nitrogens with zero attached hydrogens (tertiary/aromatic N) is 2. The predicted molar refractivity (Wildman–Crippen MR) is 176 cm³/mol. The van der Waals surface area contributed by atoms with Crippen LogP contribution in [0.2, 0.25) is 0 Å². The highest BCUT2D eigenvalue weighted by Crippen LogP contribution is 2.44. The van der Waals surface area contributed by atoms with E-state index in [1.807, 2.05) is 0 Å². The van der Waals surface area contributed by atoms with Crippen molar-refractivity contribution in [2.45, 2.75) is 65.3 Å². The van der Waals surface area contributed by atoms with Crippen molar-refractivity contribution in [3.8, 4) is 40.0 Å². The molecule has 2 heterocycles. The van der Waals surface area contributed by atoms with E-state index in [0.29, 0.717) is 11.1 Å². The standard InChI is InChI=1S/C35H34N2O12S/c1-17(38)28-29(23-12-13-25(43)26(14-23)44-6)24(15-36)35(50)37(30(28)22-10-8-7-9-11-22)34-33(48-21(5)42)32(47-20(4)41)31(46-19(3)40)27(49-34)16-45-18(2)39/h7-14,27,31-34,43H,16H2,1-6H3. The van der Waals surface area contributed by atoms with Crippen LogP contribution in [0.25, 0.3) is 22.4 Å². The van der Waals surface area contributed by atoms with E-state index in [2.05, 4.69) is 6.07 Å². The molecular formula is C35H34N2O12S. The van der Waals surface area contributed by atoms with Crippen molar-refractivity contribution in [1.82, 2.24) is 4.57 Å². The summed E-state index contributed by atoms with van der Waals surface area (Å²) < 4.78 is 34.9. The molecule has 50 heavy (non-hydrogen) atoms. The largest absolute Gasteiger partial charge is 0.504 e. The minimum absolute atomic E-state index is 0.0121. The number of ether oxygens (including phenoxy) is 6. The number of phenols is 1. The summed E-state index contributed by atoms with van der Waals surface area (Å²) in [6.45, 7) is 5.19. The minimum Gasteiger partial charge on any atom is -0.504 e. The zero-order chi connectivity index (χ0) is 36.9. The van der Waals surface area contributed by atoms with E-state index in [1.54, 1.807) is 30.3 Å². The van der Waals surface area contributed by atoms with Gasteiger partial charge < -0.3 is 38.1 Å². The fourth-order valence-corrected chi connectivity index (χ4v) is 6.14. The van der Waals surface area contributed by atoms with Crippen LogP contribution >= 0.6 is 12.2 Å². The van der Waals surface area contributed by atoms with E-state index in [9.17, 15) is 34.3 Å². The Morgan fingerprint density at radius 1 is 0.860 bits per heavy atom. The molecule has 0 aliphatic carbocycles. The zero-order valence-electron chi connectivity index (χ0n) is 28.0. The molecule has 262 valence electrons. The van der Waals surface area contributed by atoms with Gasteiger partial charge in [0.05, 0.1) is 23.9 Å². The summed E-state index contributed by atoms with van der Waals surface area (Å²) >= 11 is 5.97. The van der Waals surface area contributed by atoms with E-state index in [1.165, 1.54) is 36.8 Å². The van der Waals surface area contributed by atoms with Gasteiger partial charge in [0.1, 0.15) is 23.4 Å². The molecule has 0 radical (unpaired) electrons. The number of Topliss-reactive ketones (excluding diaryl/α,β-unsaturated/α-hetero) is 1. The number of phenolic OH excluding ortho intramolecular Hbond substituents is 1. The topological polar surface area (TPSA) is 190 Å². The first-order chi connectivity index (χ1) is 23.7. The van der Waals surface area contributed by atoms with Crippen molar-refractivity contribution >= 4 is 41.9 Å². The summed E-state index contributed by atoms with van der Waals surface area (Å²) in [5.74, 6) is -3.87. The molecule has 4 rings (SSSR count). The van der Waals surface area contributed by atoms with E-state index in [-0.39, 0.29) is 38.5 Å². The molecule has 5 atom stereocenters. The third-order valence-corrected chi connectivity index (χ3v) is 8.01. The van der Waals surface area contributed by atoms with Crippen molar-refractivity contribution in [2.75, 3.05) is 13.7 Å². The average Bonchev–Trinajstić information content (AvgIpc) is 3.05. The smallest absolute Gasteiger partial charge is 0.303 e. The summed E-state index contributed by atoms with van der Waals surface area (Å²) in [6, 6.07) is 14.8. The number of benzene rings is 2. The monoisotopic (exact) mass is 706 g/mol. The van der Waals surface area contributed by atoms with Gasteiger partial charge >= 0.3 is 23.9 Å². The Morgan fingerprint density at radius 2 is 1.46 bits per heavy atom. The second kappa shape index (κ2) is 15.7. The second-order valence-corrected chi connectivity index (χ2v) is 11.5. The Kier molecular flexibility index (Phi) is 11.7. The van der Waals surface area contributed by atoms with Gasteiger partial charge in [-0.25, -0.2) is 0 Å². The molecule has 1 aliphatic heterocycles. The number of nitriles is 1. The highest BCUT2D eigenvalue weighted by Gasteiger charge is 2.53. The van der Waals surface area contributed by atoms with Gasteiger partial charge in [-0.05, 0) is 30.2 Å². The summed E-state index contributed by atoms with van der Waals surface area (Å²) in [5, 5.41) is 20.9. The molecule has 1 saturated heterocycles. The van der Waals surface area contributed by atoms with Crippen LogP contribution in [0.15, 0.2) is 48.5 Å². The molecule has 15 heteroatoms. The third-order valence-electron chi connectivity index (χ3n) is 7.61.